The van der Waals surface area contributed by atoms with E-state index in [9.17, 15) is 4.79 Å². The van der Waals surface area contributed by atoms with E-state index in [4.69, 9.17) is 11.6 Å². The second kappa shape index (κ2) is 4.34. The molecule has 0 aliphatic rings. The van der Waals surface area contributed by atoms with Crippen molar-refractivity contribution in [2.24, 2.45) is 0 Å². The van der Waals surface area contributed by atoms with E-state index in [1.807, 2.05) is 26.0 Å². The van der Waals surface area contributed by atoms with Crippen LogP contribution in [0.4, 0.5) is 0 Å². The maximum atomic E-state index is 11.3. The van der Waals surface area contributed by atoms with Gasteiger partial charge in [0, 0.05) is 23.4 Å². The van der Waals surface area contributed by atoms with Crippen LogP contribution in [-0.4, -0.2) is 9.97 Å². The lowest BCUT2D eigenvalue weighted by Crippen LogP contribution is -2.24. The smallest absolute Gasteiger partial charge is 0.248 e. The molecule has 0 unspecified atom stereocenters. The number of nitrogens with zero attached hydrogens (tertiary/aromatic N) is 1. The van der Waals surface area contributed by atoms with Crippen molar-refractivity contribution in [2.45, 2.75) is 19.3 Å². The van der Waals surface area contributed by atoms with Gasteiger partial charge in [-0.05, 0) is 32.0 Å². The molecule has 2 aromatic heterocycles. The van der Waals surface area contributed by atoms with Crippen LogP contribution in [0.25, 0.3) is 0 Å². The number of halogens is 1. The Balaban J connectivity index is 2.49. The van der Waals surface area contributed by atoms with Gasteiger partial charge in [0.05, 0.1) is 10.7 Å². The molecule has 0 aliphatic carbocycles. The summed E-state index contributed by atoms with van der Waals surface area (Å²) in [5, 5.41) is 0.603. The molecule has 0 bridgehead atoms. The van der Waals surface area contributed by atoms with Gasteiger partial charge < -0.3 is 4.98 Å². The molecule has 0 saturated heterocycles. The Kier molecular flexibility index (Phi) is 3.03. The summed E-state index contributed by atoms with van der Waals surface area (Å²) in [6.07, 6.45) is 1.61. The second-order valence-electron chi connectivity index (χ2n) is 4.42. The highest BCUT2D eigenvalue weighted by Gasteiger charge is 2.25. The van der Waals surface area contributed by atoms with Gasteiger partial charge in [-0.3, -0.25) is 9.78 Å². The lowest BCUT2D eigenvalue weighted by atomic mass is 9.85. The first-order valence-corrected chi connectivity index (χ1v) is 5.70. The highest BCUT2D eigenvalue weighted by atomic mass is 35.5. The largest absolute Gasteiger partial charge is 0.325 e. The van der Waals surface area contributed by atoms with Crippen LogP contribution in [0.5, 0.6) is 0 Å². The van der Waals surface area contributed by atoms with Gasteiger partial charge in [-0.2, -0.15) is 0 Å². The molecular formula is C13H13ClN2O. The number of rotatable bonds is 2. The summed E-state index contributed by atoms with van der Waals surface area (Å²) in [5.41, 5.74) is 1.23. The van der Waals surface area contributed by atoms with Crippen molar-refractivity contribution in [1.29, 1.82) is 0 Å². The average Bonchev–Trinajstić information content (AvgIpc) is 2.29. The molecule has 3 nitrogen and oxygen atoms in total. The maximum absolute atomic E-state index is 11.3. The number of aromatic amines is 1. The zero-order valence-electron chi connectivity index (χ0n) is 9.70. The molecule has 2 heterocycles. The third-order valence-electron chi connectivity index (χ3n) is 2.81. The molecule has 17 heavy (non-hydrogen) atoms. The molecule has 0 amide bonds. The van der Waals surface area contributed by atoms with Crippen molar-refractivity contribution in [1.82, 2.24) is 9.97 Å². The number of hydrogen-bond acceptors (Lipinski definition) is 2. The van der Waals surface area contributed by atoms with Gasteiger partial charge in [0.15, 0.2) is 0 Å². The third-order valence-corrected chi connectivity index (χ3v) is 3.03. The lowest BCUT2D eigenvalue weighted by molar-refractivity contribution is 0.593. The molecule has 2 rings (SSSR count). The van der Waals surface area contributed by atoms with E-state index in [-0.39, 0.29) is 11.0 Å². The van der Waals surface area contributed by atoms with Crippen LogP contribution >= 0.6 is 11.6 Å². The Bertz CT molecular complexity index is 572. The Labute approximate surface area is 104 Å². The number of pyridine rings is 2. The van der Waals surface area contributed by atoms with Crippen LogP contribution in [0.1, 0.15) is 25.2 Å². The third kappa shape index (κ3) is 2.39. The summed E-state index contributed by atoms with van der Waals surface area (Å²) in [6, 6.07) is 8.79. The van der Waals surface area contributed by atoms with Crippen LogP contribution in [-0.2, 0) is 5.41 Å². The topological polar surface area (TPSA) is 45.8 Å². The monoisotopic (exact) mass is 248 g/mol. The van der Waals surface area contributed by atoms with Crippen molar-refractivity contribution in [2.75, 3.05) is 0 Å². The maximum Gasteiger partial charge on any atom is 0.248 e. The standard InChI is InChI=1S/C13H13ClN2O/c1-13(2,10-7-6-9(14)8-15-10)11-4-3-5-12(17)16-11/h3-8H,1-2H3,(H,16,17). The lowest BCUT2D eigenvalue weighted by Gasteiger charge is -2.23. The van der Waals surface area contributed by atoms with Crippen LogP contribution in [0.3, 0.4) is 0 Å². The van der Waals surface area contributed by atoms with E-state index < -0.39 is 0 Å². The predicted octanol–water partition coefficient (Wildman–Crippen LogP) is 2.75. The minimum atomic E-state index is -0.356. The van der Waals surface area contributed by atoms with Crippen molar-refractivity contribution in [3.63, 3.8) is 0 Å². The summed E-state index contributed by atoms with van der Waals surface area (Å²) in [5.74, 6) is 0. The first kappa shape index (κ1) is 11.9. The molecule has 1 N–H and O–H groups in total. The number of aromatic nitrogens is 2. The van der Waals surface area contributed by atoms with Crippen LogP contribution < -0.4 is 5.56 Å². The molecule has 88 valence electrons. The van der Waals surface area contributed by atoms with Gasteiger partial charge >= 0.3 is 0 Å². The van der Waals surface area contributed by atoms with E-state index in [0.717, 1.165) is 11.4 Å². The molecular weight excluding hydrogens is 236 g/mol. The molecule has 0 fully saturated rings. The number of nitrogens with one attached hydrogen (secondary N) is 1. The summed E-state index contributed by atoms with van der Waals surface area (Å²) in [6.45, 7) is 4.02. The number of hydrogen-bond donors (Lipinski definition) is 1. The molecule has 0 aromatic carbocycles. The first-order chi connectivity index (χ1) is 8.00. The zero-order chi connectivity index (χ0) is 12.5. The zero-order valence-corrected chi connectivity index (χ0v) is 10.5. The summed E-state index contributed by atoms with van der Waals surface area (Å²) < 4.78 is 0. The predicted molar refractivity (Wildman–Crippen MR) is 68.4 cm³/mol. The molecule has 0 saturated carbocycles. The SMILES string of the molecule is CC(C)(c1ccc(Cl)cn1)c1cccc(=O)[nH]1. The normalized spacial score (nSPS) is 11.5. The van der Waals surface area contributed by atoms with Gasteiger partial charge in [-0.25, -0.2) is 0 Å². The Morgan fingerprint density at radius 3 is 2.59 bits per heavy atom. The average molecular weight is 249 g/mol. The summed E-state index contributed by atoms with van der Waals surface area (Å²) in [7, 11) is 0. The fraction of sp³-hybridized carbons (Fsp3) is 0.231. The van der Waals surface area contributed by atoms with Gasteiger partial charge in [-0.1, -0.05) is 17.7 Å². The second-order valence-corrected chi connectivity index (χ2v) is 4.85. The van der Waals surface area contributed by atoms with Crippen molar-refractivity contribution in [3.8, 4) is 0 Å². The van der Waals surface area contributed by atoms with E-state index in [1.54, 1.807) is 18.3 Å². The first-order valence-electron chi connectivity index (χ1n) is 5.32. The minimum absolute atomic E-state index is 0.107. The summed E-state index contributed by atoms with van der Waals surface area (Å²) in [4.78, 5) is 18.5. The van der Waals surface area contributed by atoms with E-state index in [2.05, 4.69) is 9.97 Å². The Morgan fingerprint density at radius 1 is 1.24 bits per heavy atom. The molecule has 4 heteroatoms. The van der Waals surface area contributed by atoms with E-state index >= 15 is 0 Å². The quantitative estimate of drug-likeness (QED) is 0.888. The Hall–Kier alpha value is -1.61. The van der Waals surface area contributed by atoms with Crippen molar-refractivity contribution >= 4 is 11.6 Å². The van der Waals surface area contributed by atoms with Gasteiger partial charge in [0.2, 0.25) is 5.56 Å². The fourth-order valence-corrected chi connectivity index (χ4v) is 1.81. The van der Waals surface area contributed by atoms with Crippen molar-refractivity contribution < 1.29 is 0 Å². The highest BCUT2D eigenvalue weighted by molar-refractivity contribution is 6.30. The minimum Gasteiger partial charge on any atom is -0.325 e. The Morgan fingerprint density at radius 2 is 2.00 bits per heavy atom. The highest BCUT2D eigenvalue weighted by Crippen LogP contribution is 2.28. The fourth-order valence-electron chi connectivity index (χ4n) is 1.70. The van der Waals surface area contributed by atoms with Gasteiger partial charge in [0.1, 0.15) is 0 Å². The van der Waals surface area contributed by atoms with E-state index in [1.165, 1.54) is 6.07 Å². The molecule has 0 spiro atoms. The van der Waals surface area contributed by atoms with Gasteiger partial charge in [-0.15, -0.1) is 0 Å². The van der Waals surface area contributed by atoms with Crippen LogP contribution in [0.2, 0.25) is 5.02 Å². The van der Waals surface area contributed by atoms with Crippen LogP contribution in [0, 0.1) is 0 Å². The molecule has 0 atom stereocenters. The van der Waals surface area contributed by atoms with Crippen LogP contribution in [0.15, 0.2) is 41.3 Å². The number of H-pyrrole nitrogens is 1. The van der Waals surface area contributed by atoms with Gasteiger partial charge in [0.25, 0.3) is 0 Å². The summed E-state index contributed by atoms with van der Waals surface area (Å²) >= 11 is 5.81. The molecule has 0 aliphatic heterocycles. The van der Waals surface area contributed by atoms with Crippen molar-refractivity contribution in [3.05, 3.63) is 63.3 Å². The molecule has 0 radical (unpaired) electrons. The molecule has 2 aromatic rings. The van der Waals surface area contributed by atoms with E-state index in [0.29, 0.717) is 5.02 Å².